The third kappa shape index (κ3) is 7.37. The van der Waals surface area contributed by atoms with Crippen molar-refractivity contribution in [1.82, 2.24) is 15.5 Å². The molecule has 0 spiro atoms. The number of hydrogen-bond acceptors (Lipinski definition) is 7. The lowest BCUT2D eigenvalue weighted by molar-refractivity contribution is -0.145. The van der Waals surface area contributed by atoms with Crippen molar-refractivity contribution in [3.63, 3.8) is 0 Å². The fourth-order valence-corrected chi connectivity index (χ4v) is 3.36. The molecule has 1 fully saturated rings. The second-order valence-electron chi connectivity index (χ2n) is 9.18. The summed E-state index contributed by atoms with van der Waals surface area (Å²) in [5, 5.41) is 14.7. The third-order valence-electron chi connectivity index (χ3n) is 5.15. The number of phenolic OH excluding ortho intramolecular Hbond substituents is 1. The second kappa shape index (κ2) is 10.5. The SMILES string of the molecule is COC(=O)CNC(=O)C(c1ccc(O)cc1)N(C(=O)C(C)NC(=O)OC(C)(C)C)C1CC1C. The number of hydrogen-bond donors (Lipinski definition) is 3. The van der Waals surface area contributed by atoms with Gasteiger partial charge in [-0.2, -0.15) is 0 Å². The molecule has 0 saturated heterocycles. The van der Waals surface area contributed by atoms with E-state index in [0.29, 0.717) is 12.0 Å². The smallest absolute Gasteiger partial charge is 0.408 e. The van der Waals surface area contributed by atoms with Crippen molar-refractivity contribution >= 4 is 23.9 Å². The molecule has 3 amide bonds. The second-order valence-corrected chi connectivity index (χ2v) is 9.18. The first-order chi connectivity index (χ1) is 15.3. The zero-order valence-electron chi connectivity index (χ0n) is 19.9. The summed E-state index contributed by atoms with van der Waals surface area (Å²) in [5.74, 6) is -1.53. The van der Waals surface area contributed by atoms with E-state index in [9.17, 15) is 24.3 Å². The van der Waals surface area contributed by atoms with Crippen molar-refractivity contribution in [1.29, 1.82) is 0 Å². The molecule has 1 saturated carbocycles. The van der Waals surface area contributed by atoms with E-state index in [-0.39, 0.29) is 24.3 Å². The van der Waals surface area contributed by atoms with Gasteiger partial charge in [0, 0.05) is 6.04 Å². The van der Waals surface area contributed by atoms with Crippen LogP contribution in [0.1, 0.15) is 52.6 Å². The number of nitrogens with zero attached hydrogens (tertiary/aromatic N) is 1. The van der Waals surface area contributed by atoms with Crippen molar-refractivity contribution in [2.75, 3.05) is 13.7 Å². The highest BCUT2D eigenvalue weighted by Gasteiger charge is 2.47. The summed E-state index contributed by atoms with van der Waals surface area (Å²) in [6.45, 7) is 8.25. The number of benzene rings is 1. The maximum absolute atomic E-state index is 13.5. The molecule has 4 atom stereocenters. The molecule has 3 N–H and O–H groups in total. The molecule has 4 unspecified atom stereocenters. The molecule has 1 aliphatic carbocycles. The zero-order chi connectivity index (χ0) is 24.9. The van der Waals surface area contributed by atoms with E-state index in [2.05, 4.69) is 15.4 Å². The van der Waals surface area contributed by atoms with Crippen molar-refractivity contribution in [2.24, 2.45) is 5.92 Å². The number of ether oxygens (including phenoxy) is 2. The number of aromatic hydroxyl groups is 1. The van der Waals surface area contributed by atoms with Gasteiger partial charge in [-0.25, -0.2) is 4.79 Å². The van der Waals surface area contributed by atoms with Gasteiger partial charge in [0.15, 0.2) is 0 Å². The van der Waals surface area contributed by atoms with E-state index in [1.165, 1.54) is 43.2 Å². The monoisotopic (exact) mass is 463 g/mol. The van der Waals surface area contributed by atoms with Gasteiger partial charge < -0.3 is 30.1 Å². The number of nitrogens with one attached hydrogen (secondary N) is 2. The Morgan fingerprint density at radius 3 is 2.24 bits per heavy atom. The fraction of sp³-hybridized carbons (Fsp3) is 0.565. The van der Waals surface area contributed by atoms with E-state index < -0.39 is 41.6 Å². The van der Waals surface area contributed by atoms with Crippen LogP contribution >= 0.6 is 0 Å². The Hall–Kier alpha value is -3.30. The van der Waals surface area contributed by atoms with Crippen molar-refractivity contribution in [2.45, 2.75) is 64.8 Å². The van der Waals surface area contributed by atoms with E-state index >= 15 is 0 Å². The molecule has 2 rings (SSSR count). The van der Waals surface area contributed by atoms with Crippen LogP contribution in [-0.2, 0) is 23.9 Å². The molecular weight excluding hydrogens is 430 g/mol. The van der Waals surface area contributed by atoms with Gasteiger partial charge in [-0.05, 0) is 57.7 Å². The Morgan fingerprint density at radius 2 is 1.76 bits per heavy atom. The van der Waals surface area contributed by atoms with Gasteiger partial charge in [0.05, 0.1) is 7.11 Å². The van der Waals surface area contributed by atoms with Crippen LogP contribution in [0.3, 0.4) is 0 Å². The summed E-state index contributed by atoms with van der Waals surface area (Å²) in [6.07, 6.45) is -0.0625. The number of amides is 3. The first kappa shape index (κ1) is 26.0. The molecule has 0 aromatic heterocycles. The van der Waals surface area contributed by atoms with E-state index in [4.69, 9.17) is 4.74 Å². The normalized spacial score (nSPS) is 19.0. The lowest BCUT2D eigenvalue weighted by Crippen LogP contribution is -2.53. The molecule has 1 aliphatic rings. The van der Waals surface area contributed by atoms with Crippen molar-refractivity contribution in [3.8, 4) is 5.75 Å². The average Bonchev–Trinajstić information content (AvgIpc) is 3.44. The minimum absolute atomic E-state index is 0.00472. The molecule has 0 heterocycles. The fourth-order valence-electron chi connectivity index (χ4n) is 3.36. The van der Waals surface area contributed by atoms with Crippen LogP contribution in [0.5, 0.6) is 5.75 Å². The highest BCUT2D eigenvalue weighted by molar-refractivity contribution is 5.93. The summed E-state index contributed by atoms with van der Waals surface area (Å²) in [4.78, 5) is 51.9. The molecule has 0 aliphatic heterocycles. The first-order valence-electron chi connectivity index (χ1n) is 10.8. The molecule has 0 bridgehead atoms. The zero-order valence-corrected chi connectivity index (χ0v) is 19.9. The maximum Gasteiger partial charge on any atom is 0.408 e. The topological polar surface area (TPSA) is 134 Å². The number of rotatable bonds is 8. The number of phenols is 1. The molecule has 1 aromatic rings. The number of methoxy groups -OCH3 is 1. The van der Waals surface area contributed by atoms with Crippen molar-refractivity contribution < 1.29 is 33.8 Å². The first-order valence-corrected chi connectivity index (χ1v) is 10.8. The van der Waals surface area contributed by atoms with E-state index in [1.807, 2.05) is 6.92 Å². The minimum atomic E-state index is -1.08. The Kier molecular flexibility index (Phi) is 8.29. The Morgan fingerprint density at radius 1 is 1.18 bits per heavy atom. The molecule has 0 radical (unpaired) electrons. The van der Waals surface area contributed by atoms with Crippen LogP contribution in [0.2, 0.25) is 0 Å². The quantitative estimate of drug-likeness (QED) is 0.501. The maximum atomic E-state index is 13.5. The Bertz CT molecular complexity index is 879. The molecule has 33 heavy (non-hydrogen) atoms. The van der Waals surface area contributed by atoms with Gasteiger partial charge in [0.2, 0.25) is 11.8 Å². The molecule has 10 nitrogen and oxygen atoms in total. The van der Waals surface area contributed by atoms with Crippen LogP contribution in [0.4, 0.5) is 4.79 Å². The average molecular weight is 464 g/mol. The van der Waals surface area contributed by atoms with Crippen molar-refractivity contribution in [3.05, 3.63) is 29.8 Å². The molecular formula is C23H33N3O7. The van der Waals surface area contributed by atoms with Gasteiger partial charge in [-0.15, -0.1) is 0 Å². The van der Waals surface area contributed by atoms with Gasteiger partial charge >= 0.3 is 12.1 Å². The molecule has 1 aromatic carbocycles. The number of carbonyl (C=O) groups excluding carboxylic acids is 4. The molecule has 10 heteroatoms. The van der Waals surface area contributed by atoms with E-state index in [1.54, 1.807) is 20.8 Å². The molecule has 182 valence electrons. The van der Waals surface area contributed by atoms with Crippen LogP contribution in [0, 0.1) is 5.92 Å². The highest BCUT2D eigenvalue weighted by Crippen LogP contribution is 2.40. The summed E-state index contributed by atoms with van der Waals surface area (Å²) < 4.78 is 9.82. The number of carbonyl (C=O) groups is 4. The number of esters is 1. The third-order valence-corrected chi connectivity index (χ3v) is 5.15. The predicted molar refractivity (Wildman–Crippen MR) is 119 cm³/mol. The number of alkyl carbamates (subject to hydrolysis) is 1. The lowest BCUT2D eigenvalue weighted by Gasteiger charge is -2.34. The largest absolute Gasteiger partial charge is 0.508 e. The summed E-state index contributed by atoms with van der Waals surface area (Å²) >= 11 is 0. The standard InChI is InChI=1S/C23H33N3O7/c1-13-11-17(13)26(21(30)14(2)25-22(31)33-23(3,4)5)19(15-7-9-16(27)10-8-15)20(29)24-12-18(28)32-6/h7-10,13-14,17,19,27H,11-12H2,1-6H3,(H,24,29)(H,25,31). The van der Waals surface area contributed by atoms with Gasteiger partial charge in [-0.3, -0.25) is 14.4 Å². The Labute approximate surface area is 193 Å². The van der Waals surface area contributed by atoms with Gasteiger partial charge in [0.25, 0.3) is 0 Å². The van der Waals surface area contributed by atoms with Gasteiger partial charge in [-0.1, -0.05) is 19.1 Å². The summed E-state index contributed by atoms with van der Waals surface area (Å²) in [6, 6.07) is 3.62. The van der Waals surface area contributed by atoms with E-state index in [0.717, 1.165) is 0 Å². The predicted octanol–water partition coefficient (Wildman–Crippen LogP) is 1.87. The van der Waals surface area contributed by atoms with Crippen LogP contribution in [0.15, 0.2) is 24.3 Å². The highest BCUT2D eigenvalue weighted by atomic mass is 16.6. The van der Waals surface area contributed by atoms with Crippen LogP contribution in [-0.4, -0.2) is 65.2 Å². The summed E-state index contributed by atoms with van der Waals surface area (Å²) in [7, 11) is 1.21. The van der Waals surface area contributed by atoms with Gasteiger partial charge in [0.1, 0.15) is 30.0 Å². The Balaban J connectivity index is 2.34. The lowest BCUT2D eigenvalue weighted by atomic mass is 10.0. The summed E-state index contributed by atoms with van der Waals surface area (Å²) in [5.41, 5.74) is -0.285. The van der Waals surface area contributed by atoms with Crippen LogP contribution in [0.25, 0.3) is 0 Å². The minimum Gasteiger partial charge on any atom is -0.508 e. The van der Waals surface area contributed by atoms with Crippen LogP contribution < -0.4 is 10.6 Å².